The zero-order valence-electron chi connectivity index (χ0n) is 12.0. The molecule has 0 atom stereocenters. The van der Waals surface area contributed by atoms with Crippen LogP contribution in [0.2, 0.25) is 0 Å². The number of rotatable bonds is 7. The van der Waals surface area contributed by atoms with E-state index < -0.39 is 0 Å². The Kier molecular flexibility index (Phi) is 4.47. The number of aromatic nitrogens is 3. The molecule has 0 radical (unpaired) electrons. The van der Waals surface area contributed by atoms with Crippen LogP contribution >= 0.6 is 11.3 Å². The van der Waals surface area contributed by atoms with E-state index in [1.165, 1.54) is 35.5 Å². The van der Waals surface area contributed by atoms with E-state index in [-0.39, 0.29) is 0 Å². The molecule has 1 N–H and O–H groups in total. The smallest absolute Gasteiger partial charge is 0.0959 e. The summed E-state index contributed by atoms with van der Waals surface area (Å²) in [7, 11) is 0. The maximum absolute atomic E-state index is 4.73. The Morgan fingerprint density at radius 3 is 3.05 bits per heavy atom. The summed E-state index contributed by atoms with van der Waals surface area (Å²) in [6, 6.07) is 0. The summed E-state index contributed by atoms with van der Waals surface area (Å²) < 4.78 is 2.01. The third-order valence-electron chi connectivity index (χ3n) is 3.80. The fourth-order valence-electron chi connectivity index (χ4n) is 2.43. The van der Waals surface area contributed by atoms with Crippen LogP contribution in [-0.4, -0.2) is 14.8 Å². The van der Waals surface area contributed by atoms with E-state index in [1.54, 1.807) is 0 Å². The lowest BCUT2D eigenvalue weighted by molar-refractivity contribution is 0.417. The van der Waals surface area contributed by atoms with Gasteiger partial charge in [-0.25, -0.2) is 4.98 Å². The quantitative estimate of drug-likeness (QED) is 0.850. The lowest BCUT2D eigenvalue weighted by Crippen LogP contribution is -2.13. The molecule has 0 unspecified atom stereocenters. The molecule has 1 aliphatic rings. The largest absolute Gasteiger partial charge is 0.307 e. The SMILES string of the molecule is CCCn1cc(CNCc2csc(C3CCC3)n2)cn1. The van der Waals surface area contributed by atoms with Crippen LogP contribution in [-0.2, 0) is 19.6 Å². The number of thiazole rings is 1. The van der Waals surface area contributed by atoms with Crippen LogP contribution in [0, 0.1) is 0 Å². The number of nitrogens with zero attached hydrogens (tertiary/aromatic N) is 3. The molecule has 0 aliphatic heterocycles. The average molecular weight is 290 g/mol. The van der Waals surface area contributed by atoms with Gasteiger partial charge in [-0.15, -0.1) is 11.3 Å². The first-order chi connectivity index (χ1) is 9.85. The maximum atomic E-state index is 4.73. The molecule has 3 rings (SSSR count). The van der Waals surface area contributed by atoms with Gasteiger partial charge in [0.25, 0.3) is 0 Å². The monoisotopic (exact) mass is 290 g/mol. The molecular formula is C15H22N4S. The van der Waals surface area contributed by atoms with Crippen molar-refractivity contribution in [2.24, 2.45) is 0 Å². The van der Waals surface area contributed by atoms with E-state index in [9.17, 15) is 0 Å². The molecule has 108 valence electrons. The minimum absolute atomic E-state index is 0.751. The predicted molar refractivity (Wildman–Crippen MR) is 81.8 cm³/mol. The highest BCUT2D eigenvalue weighted by atomic mass is 32.1. The molecule has 0 spiro atoms. The number of nitrogens with one attached hydrogen (secondary N) is 1. The Labute approximate surface area is 124 Å². The second kappa shape index (κ2) is 6.50. The van der Waals surface area contributed by atoms with E-state index in [0.29, 0.717) is 0 Å². The van der Waals surface area contributed by atoms with Crippen LogP contribution < -0.4 is 5.32 Å². The standard InChI is InChI=1S/C15H22N4S/c1-2-6-19-10-12(8-17-19)7-16-9-14-11-20-15(18-14)13-4-3-5-13/h8,10-11,13,16H,2-7,9H2,1H3. The normalized spacial score (nSPS) is 15.4. The van der Waals surface area contributed by atoms with E-state index in [2.05, 4.69) is 28.9 Å². The van der Waals surface area contributed by atoms with Gasteiger partial charge in [-0.05, 0) is 19.3 Å². The fourth-order valence-corrected chi connectivity index (χ4v) is 3.42. The first-order valence-corrected chi connectivity index (χ1v) is 8.39. The molecule has 0 aromatic carbocycles. The van der Waals surface area contributed by atoms with Crippen LogP contribution in [0.1, 0.15) is 54.8 Å². The molecule has 1 aliphatic carbocycles. The summed E-state index contributed by atoms with van der Waals surface area (Å²) in [4.78, 5) is 4.73. The first-order valence-electron chi connectivity index (χ1n) is 7.51. The van der Waals surface area contributed by atoms with E-state index >= 15 is 0 Å². The Hall–Kier alpha value is -1.20. The van der Waals surface area contributed by atoms with Gasteiger partial charge in [0.05, 0.1) is 16.9 Å². The molecule has 20 heavy (non-hydrogen) atoms. The summed E-state index contributed by atoms with van der Waals surface area (Å²) in [6.07, 6.45) is 9.23. The number of aryl methyl sites for hydroxylation is 1. The van der Waals surface area contributed by atoms with Crippen LogP contribution in [0.5, 0.6) is 0 Å². The third-order valence-corrected chi connectivity index (χ3v) is 4.85. The molecule has 5 heteroatoms. The molecule has 2 heterocycles. The lowest BCUT2D eigenvalue weighted by Gasteiger charge is -2.22. The maximum Gasteiger partial charge on any atom is 0.0959 e. The van der Waals surface area contributed by atoms with Crippen LogP contribution in [0.3, 0.4) is 0 Å². The molecular weight excluding hydrogens is 268 g/mol. The summed E-state index contributed by atoms with van der Waals surface area (Å²) >= 11 is 1.82. The molecule has 0 saturated heterocycles. The highest BCUT2D eigenvalue weighted by Gasteiger charge is 2.22. The third kappa shape index (κ3) is 3.27. The van der Waals surface area contributed by atoms with Crippen molar-refractivity contribution in [2.75, 3.05) is 0 Å². The van der Waals surface area contributed by atoms with Gasteiger partial charge in [-0.1, -0.05) is 13.3 Å². The topological polar surface area (TPSA) is 42.7 Å². The molecule has 2 aromatic heterocycles. The zero-order valence-corrected chi connectivity index (χ0v) is 12.8. The Morgan fingerprint density at radius 2 is 2.30 bits per heavy atom. The molecule has 0 bridgehead atoms. The summed E-state index contributed by atoms with van der Waals surface area (Å²) in [5.41, 5.74) is 2.42. The van der Waals surface area contributed by atoms with Crippen molar-refractivity contribution in [3.8, 4) is 0 Å². The van der Waals surface area contributed by atoms with Gasteiger partial charge in [0, 0.05) is 42.7 Å². The van der Waals surface area contributed by atoms with E-state index in [4.69, 9.17) is 4.98 Å². The minimum Gasteiger partial charge on any atom is -0.307 e. The van der Waals surface area contributed by atoms with Crippen molar-refractivity contribution in [1.29, 1.82) is 0 Å². The second-order valence-corrected chi connectivity index (χ2v) is 6.41. The van der Waals surface area contributed by atoms with Gasteiger partial charge in [-0.3, -0.25) is 4.68 Å². The summed E-state index contributed by atoms with van der Waals surface area (Å²) in [5, 5.41) is 11.3. The van der Waals surface area contributed by atoms with Crippen molar-refractivity contribution in [2.45, 2.75) is 58.2 Å². The highest BCUT2D eigenvalue weighted by Crippen LogP contribution is 2.37. The van der Waals surface area contributed by atoms with Gasteiger partial charge < -0.3 is 5.32 Å². The number of hydrogen-bond donors (Lipinski definition) is 1. The Morgan fingerprint density at radius 1 is 1.40 bits per heavy atom. The Bertz CT molecular complexity index is 542. The van der Waals surface area contributed by atoms with Crippen LogP contribution in [0.25, 0.3) is 0 Å². The number of hydrogen-bond acceptors (Lipinski definition) is 4. The first kappa shape index (κ1) is 13.8. The van der Waals surface area contributed by atoms with Crippen molar-refractivity contribution in [3.63, 3.8) is 0 Å². The van der Waals surface area contributed by atoms with Gasteiger partial charge in [0.2, 0.25) is 0 Å². The van der Waals surface area contributed by atoms with Gasteiger partial charge in [0.15, 0.2) is 0 Å². The predicted octanol–water partition coefficient (Wildman–Crippen LogP) is 3.31. The average Bonchev–Trinajstić information content (AvgIpc) is 2.98. The van der Waals surface area contributed by atoms with E-state index in [0.717, 1.165) is 32.0 Å². The molecule has 1 saturated carbocycles. The summed E-state index contributed by atoms with van der Waals surface area (Å²) in [6.45, 7) is 4.88. The summed E-state index contributed by atoms with van der Waals surface area (Å²) in [5.74, 6) is 0.751. The fraction of sp³-hybridized carbons (Fsp3) is 0.600. The van der Waals surface area contributed by atoms with Crippen LogP contribution in [0.15, 0.2) is 17.8 Å². The van der Waals surface area contributed by atoms with Crippen molar-refractivity contribution >= 4 is 11.3 Å². The highest BCUT2D eigenvalue weighted by molar-refractivity contribution is 7.09. The second-order valence-electron chi connectivity index (χ2n) is 5.52. The molecule has 4 nitrogen and oxygen atoms in total. The molecule has 2 aromatic rings. The lowest BCUT2D eigenvalue weighted by atomic mass is 9.86. The Balaban J connectivity index is 1.45. The zero-order chi connectivity index (χ0) is 13.8. The van der Waals surface area contributed by atoms with Crippen LogP contribution in [0.4, 0.5) is 0 Å². The minimum atomic E-state index is 0.751. The van der Waals surface area contributed by atoms with Crippen molar-refractivity contribution in [1.82, 2.24) is 20.1 Å². The molecule has 0 amide bonds. The van der Waals surface area contributed by atoms with Crippen molar-refractivity contribution in [3.05, 3.63) is 34.0 Å². The van der Waals surface area contributed by atoms with Crippen molar-refractivity contribution < 1.29 is 0 Å². The molecule has 1 fully saturated rings. The van der Waals surface area contributed by atoms with Gasteiger partial charge >= 0.3 is 0 Å². The van der Waals surface area contributed by atoms with Gasteiger partial charge in [0.1, 0.15) is 0 Å². The van der Waals surface area contributed by atoms with Gasteiger partial charge in [-0.2, -0.15) is 5.10 Å². The van der Waals surface area contributed by atoms with E-state index in [1.807, 2.05) is 22.2 Å².